The maximum Gasteiger partial charge on any atom is 0.269 e. The van der Waals surface area contributed by atoms with Crippen LogP contribution >= 0.6 is 0 Å². The van der Waals surface area contributed by atoms with Gasteiger partial charge in [-0.2, -0.15) is 0 Å². The van der Waals surface area contributed by atoms with E-state index in [1.54, 1.807) is 25.2 Å². The van der Waals surface area contributed by atoms with Gasteiger partial charge < -0.3 is 21.1 Å². The average molecular weight is 382 g/mol. The topological polar surface area (TPSA) is 106 Å². The second-order valence-electron chi connectivity index (χ2n) is 7.06. The van der Waals surface area contributed by atoms with Crippen molar-refractivity contribution < 1.29 is 14.3 Å². The Kier molecular flexibility index (Phi) is 6.26. The van der Waals surface area contributed by atoms with Gasteiger partial charge in [-0.05, 0) is 49.9 Å². The van der Waals surface area contributed by atoms with Gasteiger partial charge in [0.15, 0.2) is 0 Å². The number of pyridine rings is 1. The minimum atomic E-state index is -0.283. The fourth-order valence-corrected chi connectivity index (χ4v) is 3.54. The van der Waals surface area contributed by atoms with E-state index in [1.165, 1.54) is 6.20 Å². The van der Waals surface area contributed by atoms with Crippen LogP contribution in [0.3, 0.4) is 0 Å². The van der Waals surface area contributed by atoms with Crippen molar-refractivity contribution in [2.24, 2.45) is 17.6 Å². The highest BCUT2D eigenvalue weighted by Crippen LogP contribution is 2.33. The molecule has 2 amide bonds. The summed E-state index contributed by atoms with van der Waals surface area (Å²) in [6.07, 6.45) is 4.45. The maximum absolute atomic E-state index is 12.6. The first-order chi connectivity index (χ1) is 13.5. The van der Waals surface area contributed by atoms with Crippen LogP contribution in [-0.4, -0.2) is 30.4 Å². The minimum absolute atomic E-state index is 0.00793. The first-order valence-electron chi connectivity index (χ1n) is 9.49. The van der Waals surface area contributed by atoms with Gasteiger partial charge >= 0.3 is 0 Å². The van der Waals surface area contributed by atoms with Crippen molar-refractivity contribution >= 4 is 17.5 Å². The monoisotopic (exact) mass is 382 g/mol. The molecule has 1 aromatic carbocycles. The molecule has 1 aliphatic carbocycles. The summed E-state index contributed by atoms with van der Waals surface area (Å²) < 4.78 is 5.94. The van der Waals surface area contributed by atoms with Gasteiger partial charge in [0.05, 0.1) is 0 Å². The zero-order valence-corrected chi connectivity index (χ0v) is 16.2. The van der Waals surface area contributed by atoms with E-state index >= 15 is 0 Å². The van der Waals surface area contributed by atoms with Crippen LogP contribution < -0.4 is 21.1 Å². The Hall–Kier alpha value is -2.93. The lowest BCUT2D eigenvalue weighted by atomic mass is 9.95. The molecule has 0 spiro atoms. The number of nitrogens with one attached hydrogen (secondary N) is 2. The van der Waals surface area contributed by atoms with Crippen molar-refractivity contribution in [3.63, 3.8) is 0 Å². The third kappa shape index (κ3) is 4.48. The van der Waals surface area contributed by atoms with Gasteiger partial charge in [-0.3, -0.25) is 14.6 Å². The molecule has 4 N–H and O–H groups in total. The minimum Gasteiger partial charge on any atom is -0.457 e. The lowest BCUT2D eigenvalue weighted by Crippen LogP contribution is -2.29. The highest BCUT2D eigenvalue weighted by molar-refractivity contribution is 5.93. The summed E-state index contributed by atoms with van der Waals surface area (Å²) in [5, 5.41) is 5.53. The van der Waals surface area contributed by atoms with E-state index in [0.717, 1.165) is 24.8 Å². The summed E-state index contributed by atoms with van der Waals surface area (Å²) in [5.74, 6) is 1.04. The molecule has 1 fully saturated rings. The third-order valence-electron chi connectivity index (χ3n) is 5.17. The summed E-state index contributed by atoms with van der Waals surface area (Å²) in [6, 6.07) is 8.80. The van der Waals surface area contributed by atoms with Gasteiger partial charge in [0.25, 0.3) is 5.91 Å². The Labute approximate surface area is 164 Å². The molecule has 2 atom stereocenters. The van der Waals surface area contributed by atoms with E-state index in [0.29, 0.717) is 23.7 Å². The van der Waals surface area contributed by atoms with E-state index in [-0.39, 0.29) is 29.3 Å². The largest absolute Gasteiger partial charge is 0.457 e. The van der Waals surface area contributed by atoms with Crippen LogP contribution in [0.1, 0.15) is 35.3 Å². The highest BCUT2D eigenvalue weighted by Gasteiger charge is 2.31. The summed E-state index contributed by atoms with van der Waals surface area (Å²) in [6.45, 7) is 2.46. The number of aromatic nitrogens is 1. The molecule has 28 heavy (non-hydrogen) atoms. The van der Waals surface area contributed by atoms with Crippen LogP contribution in [-0.2, 0) is 4.79 Å². The van der Waals surface area contributed by atoms with Gasteiger partial charge in [-0.15, -0.1) is 0 Å². The van der Waals surface area contributed by atoms with Crippen LogP contribution in [0.15, 0.2) is 36.5 Å². The first-order valence-corrected chi connectivity index (χ1v) is 9.49. The number of aryl methyl sites for hydroxylation is 1. The zero-order chi connectivity index (χ0) is 20.1. The van der Waals surface area contributed by atoms with Crippen LogP contribution in [0.5, 0.6) is 11.5 Å². The van der Waals surface area contributed by atoms with Crippen molar-refractivity contribution in [3.05, 3.63) is 47.8 Å². The number of carbonyl (C=O) groups is 2. The lowest BCUT2D eigenvalue weighted by molar-refractivity contribution is -0.120. The molecular weight excluding hydrogens is 356 g/mol. The molecule has 1 aliphatic rings. The Balaban J connectivity index is 1.75. The molecule has 7 heteroatoms. The number of carbonyl (C=O) groups excluding carboxylic acids is 2. The van der Waals surface area contributed by atoms with Crippen LogP contribution in [0.25, 0.3) is 0 Å². The predicted octanol–water partition coefficient (Wildman–Crippen LogP) is 2.86. The fraction of sp³-hybridized carbons (Fsp3) is 0.381. The quantitative estimate of drug-likeness (QED) is 0.712. The predicted molar refractivity (Wildman–Crippen MR) is 107 cm³/mol. The molecule has 0 unspecified atom stereocenters. The van der Waals surface area contributed by atoms with E-state index in [4.69, 9.17) is 10.5 Å². The highest BCUT2D eigenvalue weighted by atomic mass is 16.5. The number of ether oxygens (including phenoxy) is 1. The number of amides is 2. The van der Waals surface area contributed by atoms with Crippen LogP contribution in [0.2, 0.25) is 0 Å². The van der Waals surface area contributed by atoms with Crippen LogP contribution in [0.4, 0.5) is 5.69 Å². The Bertz CT molecular complexity index is 868. The summed E-state index contributed by atoms with van der Waals surface area (Å²) in [4.78, 5) is 28.4. The standard InChI is InChI=1S/C21H26N4O3/c1-13-6-7-15(25-20(26)17-5-3-4-14(17)12-22)10-19(13)28-16-8-9-24-18(11-16)21(27)23-2/h6-11,14,17H,3-5,12,22H2,1-2H3,(H,23,27)(H,25,26)/t14-,17-/m1/s1. The summed E-state index contributed by atoms with van der Waals surface area (Å²) in [5.41, 5.74) is 7.66. The summed E-state index contributed by atoms with van der Waals surface area (Å²) in [7, 11) is 1.55. The van der Waals surface area contributed by atoms with E-state index in [1.807, 2.05) is 19.1 Å². The Morgan fingerprint density at radius 2 is 2.07 bits per heavy atom. The molecule has 0 aliphatic heterocycles. The average Bonchev–Trinajstić information content (AvgIpc) is 3.19. The smallest absolute Gasteiger partial charge is 0.269 e. The number of benzene rings is 1. The van der Waals surface area contributed by atoms with Gasteiger partial charge in [-0.1, -0.05) is 12.5 Å². The van der Waals surface area contributed by atoms with E-state index < -0.39 is 0 Å². The van der Waals surface area contributed by atoms with Crippen LogP contribution in [0, 0.1) is 18.8 Å². The molecular formula is C21H26N4O3. The number of hydrogen-bond donors (Lipinski definition) is 3. The first kappa shape index (κ1) is 19.8. The maximum atomic E-state index is 12.6. The Morgan fingerprint density at radius 1 is 1.25 bits per heavy atom. The SMILES string of the molecule is CNC(=O)c1cc(Oc2cc(NC(=O)[C@@H]3CCC[C@@H]3CN)ccc2C)ccn1. The number of nitrogens with zero attached hydrogens (tertiary/aromatic N) is 1. The molecule has 2 aromatic rings. The number of rotatable bonds is 6. The molecule has 1 saturated carbocycles. The van der Waals surface area contributed by atoms with Crippen molar-refractivity contribution in [2.75, 3.05) is 18.9 Å². The zero-order valence-electron chi connectivity index (χ0n) is 16.2. The van der Waals surface area contributed by atoms with Crippen molar-refractivity contribution in [1.82, 2.24) is 10.3 Å². The summed E-state index contributed by atoms with van der Waals surface area (Å²) >= 11 is 0. The molecule has 0 bridgehead atoms. The van der Waals surface area contributed by atoms with Gasteiger partial charge in [0.1, 0.15) is 17.2 Å². The fourth-order valence-electron chi connectivity index (χ4n) is 3.54. The van der Waals surface area contributed by atoms with Gasteiger partial charge in [0.2, 0.25) is 5.91 Å². The second kappa shape index (κ2) is 8.84. The molecule has 0 radical (unpaired) electrons. The molecule has 7 nitrogen and oxygen atoms in total. The second-order valence-corrected chi connectivity index (χ2v) is 7.06. The van der Waals surface area contributed by atoms with Crippen molar-refractivity contribution in [2.45, 2.75) is 26.2 Å². The molecule has 1 aromatic heterocycles. The Morgan fingerprint density at radius 3 is 2.82 bits per heavy atom. The molecule has 3 rings (SSSR count). The molecule has 0 saturated heterocycles. The van der Waals surface area contributed by atoms with E-state index in [9.17, 15) is 9.59 Å². The molecule has 148 valence electrons. The number of anilines is 1. The lowest BCUT2D eigenvalue weighted by Gasteiger charge is -2.18. The van der Waals surface area contributed by atoms with Gasteiger partial charge in [0, 0.05) is 37.0 Å². The normalized spacial score (nSPS) is 18.5. The van der Waals surface area contributed by atoms with E-state index in [2.05, 4.69) is 15.6 Å². The van der Waals surface area contributed by atoms with Crippen molar-refractivity contribution in [1.29, 1.82) is 0 Å². The number of nitrogens with two attached hydrogens (primary N) is 1. The van der Waals surface area contributed by atoms with Crippen molar-refractivity contribution in [3.8, 4) is 11.5 Å². The molecule has 1 heterocycles. The number of hydrogen-bond acceptors (Lipinski definition) is 5. The third-order valence-corrected chi connectivity index (χ3v) is 5.17. The van der Waals surface area contributed by atoms with Gasteiger partial charge in [-0.25, -0.2) is 0 Å².